The Morgan fingerprint density at radius 2 is 1.08 bits per heavy atom. The topological polar surface area (TPSA) is 0 Å². The van der Waals surface area contributed by atoms with Crippen molar-refractivity contribution in [1.82, 2.24) is 0 Å². The van der Waals surface area contributed by atoms with Crippen LogP contribution in [0.15, 0.2) is 59.7 Å². The Kier molecular flexibility index (Phi) is 7.70. The average Bonchev–Trinajstić information content (AvgIpc) is 3.05. The summed E-state index contributed by atoms with van der Waals surface area (Å²) in [6, 6.07) is 18.3. The molecule has 0 radical (unpaired) electrons. The molecule has 0 saturated heterocycles. The number of halogens is 2. The first-order chi connectivity index (χ1) is 11.6. The first-order valence-electron chi connectivity index (χ1n) is 8.79. The fourth-order valence-corrected chi connectivity index (χ4v) is 25.3. The molecule has 0 nitrogen and oxygen atoms in total. The zero-order valence-electron chi connectivity index (χ0n) is 15.7. The summed E-state index contributed by atoms with van der Waals surface area (Å²) in [6.07, 6.45) is 4.93. The molecule has 4 rings (SSSR count). The predicted octanol–water partition coefficient (Wildman–Crippen LogP) is 0.180. The van der Waals surface area contributed by atoms with E-state index in [1.54, 1.807) is 22.3 Å². The summed E-state index contributed by atoms with van der Waals surface area (Å²) < 4.78 is 1.54. The SMILES string of the molecule is CC1=Cc2ccccc2[CH]1[Zr+2]([CH]1C(C)=Cc2ccccc21)=[Si](C)C.[Br-].[Br-]. The molecular formula is C22H24Br2SiZr. The van der Waals surface area contributed by atoms with E-state index >= 15 is 0 Å². The van der Waals surface area contributed by atoms with Crippen LogP contribution in [-0.4, -0.2) is 5.43 Å². The summed E-state index contributed by atoms with van der Waals surface area (Å²) in [5, 5.41) is 0. The van der Waals surface area contributed by atoms with Gasteiger partial charge in [-0.05, 0) is 0 Å². The van der Waals surface area contributed by atoms with Crippen molar-refractivity contribution >= 4 is 17.6 Å². The summed E-state index contributed by atoms with van der Waals surface area (Å²) >= 11 is -1.76. The van der Waals surface area contributed by atoms with E-state index in [2.05, 4.69) is 87.6 Å². The summed E-state index contributed by atoms with van der Waals surface area (Å²) in [6.45, 7) is 9.94. The molecule has 2 aromatic carbocycles. The van der Waals surface area contributed by atoms with Gasteiger partial charge in [0.25, 0.3) is 0 Å². The second-order valence-electron chi connectivity index (χ2n) is 7.36. The minimum absolute atomic E-state index is 0. The first kappa shape index (κ1) is 22.3. The molecule has 2 aromatic rings. The van der Waals surface area contributed by atoms with Gasteiger partial charge >= 0.3 is 154 Å². The van der Waals surface area contributed by atoms with E-state index in [-0.39, 0.29) is 39.4 Å². The molecule has 0 amide bonds. The van der Waals surface area contributed by atoms with Gasteiger partial charge in [0.2, 0.25) is 0 Å². The largest absolute Gasteiger partial charge is 1.00 e. The van der Waals surface area contributed by atoms with Crippen LogP contribution >= 0.6 is 0 Å². The fraction of sp³-hybridized carbons (Fsp3) is 0.273. The third-order valence-corrected chi connectivity index (χ3v) is 25.4. The molecular weight excluding hydrogens is 543 g/mol. The molecule has 0 fully saturated rings. The maximum absolute atomic E-state index is 2.59. The van der Waals surface area contributed by atoms with Crippen LogP contribution in [0.5, 0.6) is 0 Å². The number of rotatable bonds is 2. The molecule has 0 aromatic heterocycles. The molecule has 2 atom stereocenters. The third kappa shape index (κ3) is 3.77. The molecule has 4 heteroatoms. The van der Waals surface area contributed by atoms with E-state index in [1.165, 1.54) is 11.1 Å². The van der Waals surface area contributed by atoms with Gasteiger partial charge in [0, 0.05) is 0 Å². The average molecular weight is 568 g/mol. The van der Waals surface area contributed by atoms with Gasteiger partial charge in [-0.1, -0.05) is 0 Å². The van der Waals surface area contributed by atoms with Gasteiger partial charge in [-0.3, -0.25) is 0 Å². The number of hydrogen-bond acceptors (Lipinski definition) is 0. The summed E-state index contributed by atoms with van der Waals surface area (Å²) in [4.78, 5) is 0. The molecule has 134 valence electrons. The van der Waals surface area contributed by atoms with Crippen LogP contribution in [0.1, 0.15) is 43.4 Å². The maximum atomic E-state index is 2.59. The van der Waals surface area contributed by atoms with Gasteiger partial charge in [0.1, 0.15) is 0 Å². The van der Waals surface area contributed by atoms with Crippen molar-refractivity contribution in [2.45, 2.75) is 34.2 Å². The fourth-order valence-electron chi connectivity index (χ4n) is 4.53. The molecule has 0 bridgehead atoms. The van der Waals surface area contributed by atoms with E-state index in [1.807, 2.05) is 0 Å². The molecule has 2 aliphatic rings. The van der Waals surface area contributed by atoms with Gasteiger partial charge in [-0.15, -0.1) is 0 Å². The van der Waals surface area contributed by atoms with Gasteiger partial charge in [0.05, 0.1) is 0 Å². The van der Waals surface area contributed by atoms with Crippen molar-refractivity contribution < 1.29 is 54.3 Å². The van der Waals surface area contributed by atoms with Crippen LogP contribution < -0.4 is 34.0 Å². The van der Waals surface area contributed by atoms with Crippen molar-refractivity contribution in [3.8, 4) is 0 Å². The van der Waals surface area contributed by atoms with Gasteiger partial charge in [-0.25, -0.2) is 0 Å². The standard InChI is InChI=1S/2C10H9.C2H6Si.2BrH.Zr/c2*1-8-6-9-4-2-3-5-10(9)7-8;1-3-2;;;/h2*2-7H,1H3;1-2H3;2*1H;/q;;;;;+2/p-2. The Morgan fingerprint density at radius 1 is 0.692 bits per heavy atom. The Hall–Kier alpha value is -0.0200. The van der Waals surface area contributed by atoms with E-state index in [0.29, 0.717) is 0 Å². The van der Waals surface area contributed by atoms with Crippen LogP contribution in [0.25, 0.3) is 12.2 Å². The summed E-state index contributed by atoms with van der Waals surface area (Å²) in [7, 11) is 0. The zero-order chi connectivity index (χ0) is 16.8. The van der Waals surface area contributed by atoms with E-state index in [4.69, 9.17) is 0 Å². The van der Waals surface area contributed by atoms with Gasteiger partial charge in [-0.2, -0.15) is 0 Å². The summed E-state index contributed by atoms with van der Waals surface area (Å²) in [5.41, 5.74) is 9.22. The Morgan fingerprint density at radius 3 is 1.46 bits per heavy atom. The van der Waals surface area contributed by atoms with Crippen molar-refractivity contribution in [1.29, 1.82) is 0 Å². The third-order valence-electron chi connectivity index (χ3n) is 5.49. The predicted molar refractivity (Wildman–Crippen MR) is 103 cm³/mol. The van der Waals surface area contributed by atoms with E-state index < -0.39 is 20.4 Å². The first-order valence-corrected chi connectivity index (χ1v) is 17.8. The molecule has 2 unspecified atom stereocenters. The van der Waals surface area contributed by atoms with Gasteiger partial charge in [0.15, 0.2) is 0 Å². The molecule has 26 heavy (non-hydrogen) atoms. The van der Waals surface area contributed by atoms with Crippen molar-refractivity contribution in [2.24, 2.45) is 0 Å². The van der Waals surface area contributed by atoms with Crippen molar-refractivity contribution in [3.63, 3.8) is 0 Å². The van der Waals surface area contributed by atoms with Crippen LogP contribution in [0.4, 0.5) is 0 Å². The van der Waals surface area contributed by atoms with E-state index in [0.717, 1.165) is 7.25 Å². The number of benzene rings is 2. The molecule has 2 aliphatic carbocycles. The number of fused-ring (bicyclic) bond motifs is 2. The minimum Gasteiger partial charge on any atom is -1.00 e. The van der Waals surface area contributed by atoms with E-state index in [9.17, 15) is 0 Å². The second-order valence-corrected chi connectivity index (χ2v) is 25.2. The van der Waals surface area contributed by atoms with Crippen LogP contribution in [0.2, 0.25) is 13.1 Å². The van der Waals surface area contributed by atoms with Crippen molar-refractivity contribution in [2.75, 3.05) is 0 Å². The Labute approximate surface area is 186 Å². The minimum atomic E-state index is -1.76. The molecule has 0 heterocycles. The molecule has 0 spiro atoms. The van der Waals surface area contributed by atoms with Gasteiger partial charge < -0.3 is 34.0 Å². The van der Waals surface area contributed by atoms with Crippen LogP contribution in [-0.2, 0) is 20.4 Å². The summed E-state index contributed by atoms with van der Waals surface area (Å²) in [5.74, 6) is 0. The smallest absolute Gasteiger partial charge is 1.00 e. The Bertz CT molecular complexity index is 854. The number of allylic oxidation sites excluding steroid dienone is 2. The normalized spacial score (nSPS) is 19.0. The second kappa shape index (κ2) is 8.99. The Balaban J connectivity index is 0.00000121. The monoisotopic (exact) mass is 564 g/mol. The van der Waals surface area contributed by atoms with Crippen molar-refractivity contribution in [3.05, 3.63) is 81.9 Å². The number of hydrogen-bond donors (Lipinski definition) is 0. The maximum Gasteiger partial charge on any atom is -1.00 e. The molecule has 0 N–H and O–H groups in total. The van der Waals surface area contributed by atoms with Crippen LogP contribution in [0.3, 0.4) is 0 Å². The molecule has 0 aliphatic heterocycles. The quantitative estimate of drug-likeness (QED) is 0.455. The molecule has 0 saturated carbocycles. The zero-order valence-corrected chi connectivity index (χ0v) is 22.3. The van der Waals surface area contributed by atoms with Crippen LogP contribution in [0, 0.1) is 0 Å².